The number of benzene rings is 2. The van der Waals surface area contributed by atoms with E-state index in [1.54, 1.807) is 6.08 Å². The molecule has 2 aromatic rings. The number of rotatable bonds is 5. The lowest BCUT2D eigenvalue weighted by Crippen LogP contribution is -2.26. The molecule has 0 aliphatic heterocycles. The molecular weight excluding hydrogens is 306 g/mol. The van der Waals surface area contributed by atoms with Crippen molar-refractivity contribution < 1.29 is 4.79 Å². The van der Waals surface area contributed by atoms with Gasteiger partial charge in [-0.05, 0) is 41.5 Å². The van der Waals surface area contributed by atoms with Gasteiger partial charge in [0.05, 0.1) is 6.04 Å². The highest BCUT2D eigenvalue weighted by Crippen LogP contribution is 2.22. The summed E-state index contributed by atoms with van der Waals surface area (Å²) in [5.74, 6) is -0.0627. The fourth-order valence-electron chi connectivity index (χ4n) is 2.71. The van der Waals surface area contributed by atoms with Gasteiger partial charge >= 0.3 is 0 Å². The largest absolute Gasteiger partial charge is 0.346 e. The summed E-state index contributed by atoms with van der Waals surface area (Å²) in [6.07, 6.45) is 4.34. The fourth-order valence-corrected chi connectivity index (χ4v) is 2.71. The maximum atomic E-state index is 12.3. The maximum Gasteiger partial charge on any atom is 0.244 e. The Kier molecular flexibility index (Phi) is 6.19. The zero-order chi connectivity index (χ0) is 18.4. The van der Waals surface area contributed by atoms with Crippen LogP contribution in [0, 0.1) is 6.92 Å². The van der Waals surface area contributed by atoms with Crippen LogP contribution in [0.1, 0.15) is 62.4 Å². The zero-order valence-electron chi connectivity index (χ0n) is 16.0. The van der Waals surface area contributed by atoms with Gasteiger partial charge in [-0.25, -0.2) is 0 Å². The van der Waals surface area contributed by atoms with Crippen molar-refractivity contribution in [1.82, 2.24) is 5.32 Å². The summed E-state index contributed by atoms with van der Waals surface area (Å²) in [7, 11) is 0. The minimum absolute atomic E-state index is 0.0426. The minimum atomic E-state index is -0.0627. The highest BCUT2D eigenvalue weighted by atomic mass is 16.1. The predicted molar refractivity (Wildman–Crippen MR) is 107 cm³/mol. The number of nitrogens with one attached hydrogen (secondary N) is 1. The molecule has 0 spiro atoms. The lowest BCUT2D eigenvalue weighted by atomic mass is 9.87. The summed E-state index contributed by atoms with van der Waals surface area (Å²) in [5.41, 5.74) is 4.83. The van der Waals surface area contributed by atoms with E-state index in [0.717, 1.165) is 17.5 Å². The van der Waals surface area contributed by atoms with Gasteiger partial charge in [-0.15, -0.1) is 0 Å². The Labute approximate surface area is 152 Å². The van der Waals surface area contributed by atoms with Crippen molar-refractivity contribution in [3.63, 3.8) is 0 Å². The van der Waals surface area contributed by atoms with Crippen LogP contribution in [0.15, 0.2) is 54.6 Å². The Morgan fingerprint density at radius 1 is 1.04 bits per heavy atom. The monoisotopic (exact) mass is 335 g/mol. The van der Waals surface area contributed by atoms with Crippen molar-refractivity contribution in [2.45, 2.75) is 52.5 Å². The summed E-state index contributed by atoms with van der Waals surface area (Å²) >= 11 is 0. The Morgan fingerprint density at radius 2 is 1.64 bits per heavy atom. The van der Waals surface area contributed by atoms with E-state index in [-0.39, 0.29) is 17.4 Å². The van der Waals surface area contributed by atoms with Gasteiger partial charge in [0.1, 0.15) is 0 Å². The Morgan fingerprint density at radius 3 is 2.16 bits per heavy atom. The normalized spacial score (nSPS) is 13.0. The van der Waals surface area contributed by atoms with Crippen LogP contribution in [0.3, 0.4) is 0 Å². The smallest absolute Gasteiger partial charge is 0.244 e. The van der Waals surface area contributed by atoms with Crippen LogP contribution in [0.2, 0.25) is 0 Å². The molecule has 1 amide bonds. The van der Waals surface area contributed by atoms with Gasteiger partial charge in [-0.2, -0.15) is 0 Å². The van der Waals surface area contributed by atoms with Gasteiger partial charge in [0, 0.05) is 6.08 Å². The first-order valence-corrected chi connectivity index (χ1v) is 8.95. The molecule has 132 valence electrons. The summed E-state index contributed by atoms with van der Waals surface area (Å²) in [6, 6.07) is 16.7. The molecule has 0 saturated heterocycles. The molecule has 0 radical (unpaired) electrons. The number of aryl methyl sites for hydroxylation is 1. The third-order valence-corrected chi connectivity index (χ3v) is 4.41. The van der Waals surface area contributed by atoms with E-state index in [4.69, 9.17) is 0 Å². The third-order valence-electron chi connectivity index (χ3n) is 4.41. The van der Waals surface area contributed by atoms with Gasteiger partial charge in [0.25, 0.3) is 0 Å². The molecule has 0 heterocycles. The van der Waals surface area contributed by atoms with Crippen molar-refractivity contribution in [2.24, 2.45) is 0 Å². The molecule has 0 saturated carbocycles. The second kappa shape index (κ2) is 8.15. The molecule has 1 N–H and O–H groups in total. The lowest BCUT2D eigenvalue weighted by Gasteiger charge is -2.18. The second-order valence-electron chi connectivity index (χ2n) is 7.59. The van der Waals surface area contributed by atoms with E-state index >= 15 is 0 Å². The first kappa shape index (κ1) is 19.0. The predicted octanol–water partition coefficient (Wildman–Crippen LogP) is 5.57. The number of amides is 1. The van der Waals surface area contributed by atoms with Crippen LogP contribution >= 0.6 is 0 Å². The molecule has 2 heteroatoms. The first-order chi connectivity index (χ1) is 11.8. The lowest BCUT2D eigenvalue weighted by molar-refractivity contribution is -0.117. The van der Waals surface area contributed by atoms with Crippen LogP contribution < -0.4 is 5.32 Å². The summed E-state index contributed by atoms with van der Waals surface area (Å²) in [5, 5.41) is 3.08. The second-order valence-corrected chi connectivity index (χ2v) is 7.59. The molecule has 2 nitrogen and oxygen atoms in total. The number of hydrogen-bond donors (Lipinski definition) is 1. The molecule has 2 aromatic carbocycles. The van der Waals surface area contributed by atoms with E-state index < -0.39 is 0 Å². The SMILES string of the molecule is CCC(NC(=O)/C=C/c1ccc(C(C)(C)C)cc1)c1ccc(C)cc1. The van der Waals surface area contributed by atoms with Crippen LogP contribution in [0.5, 0.6) is 0 Å². The fraction of sp³-hybridized carbons (Fsp3) is 0.348. The average Bonchev–Trinajstić information content (AvgIpc) is 2.58. The highest BCUT2D eigenvalue weighted by Gasteiger charge is 2.13. The van der Waals surface area contributed by atoms with E-state index in [9.17, 15) is 4.79 Å². The van der Waals surface area contributed by atoms with Crippen LogP contribution in [-0.4, -0.2) is 5.91 Å². The molecule has 2 rings (SSSR count). The van der Waals surface area contributed by atoms with E-state index in [2.05, 4.69) is 88.5 Å². The molecule has 0 fully saturated rings. The molecule has 0 aromatic heterocycles. The number of hydrogen-bond acceptors (Lipinski definition) is 1. The van der Waals surface area contributed by atoms with Crippen molar-refractivity contribution >= 4 is 12.0 Å². The molecule has 0 aliphatic carbocycles. The van der Waals surface area contributed by atoms with Gasteiger partial charge in [-0.1, -0.05) is 81.8 Å². The van der Waals surface area contributed by atoms with E-state index in [0.29, 0.717) is 0 Å². The quantitative estimate of drug-likeness (QED) is 0.711. The summed E-state index contributed by atoms with van der Waals surface area (Å²) < 4.78 is 0. The van der Waals surface area contributed by atoms with E-state index in [1.807, 2.05) is 6.08 Å². The molecule has 0 aliphatic rings. The molecule has 0 bridgehead atoms. The Bertz CT molecular complexity index is 718. The van der Waals surface area contributed by atoms with Gasteiger partial charge < -0.3 is 5.32 Å². The van der Waals surface area contributed by atoms with E-state index in [1.165, 1.54) is 11.1 Å². The number of carbonyl (C=O) groups excluding carboxylic acids is 1. The Balaban J connectivity index is 2.00. The molecule has 1 atom stereocenters. The van der Waals surface area contributed by atoms with Crippen molar-refractivity contribution in [2.75, 3.05) is 0 Å². The summed E-state index contributed by atoms with van der Waals surface area (Å²) in [4.78, 5) is 12.3. The van der Waals surface area contributed by atoms with Crippen molar-refractivity contribution in [3.8, 4) is 0 Å². The van der Waals surface area contributed by atoms with Gasteiger partial charge in [0.15, 0.2) is 0 Å². The Hall–Kier alpha value is -2.35. The zero-order valence-corrected chi connectivity index (χ0v) is 16.0. The summed E-state index contributed by atoms with van der Waals surface area (Å²) in [6.45, 7) is 10.7. The first-order valence-electron chi connectivity index (χ1n) is 8.95. The standard InChI is InChI=1S/C23H29NO/c1-6-21(19-12-7-17(2)8-13-19)24-22(25)16-11-18-9-14-20(15-10-18)23(3,4)5/h7-16,21H,6H2,1-5H3,(H,24,25)/b16-11+. The highest BCUT2D eigenvalue weighted by molar-refractivity contribution is 5.92. The minimum Gasteiger partial charge on any atom is -0.346 e. The molecule has 1 unspecified atom stereocenters. The third kappa shape index (κ3) is 5.60. The van der Waals surface area contributed by atoms with Crippen LogP contribution in [0.25, 0.3) is 6.08 Å². The number of carbonyl (C=O) groups is 1. The van der Waals surface area contributed by atoms with Crippen LogP contribution in [-0.2, 0) is 10.2 Å². The van der Waals surface area contributed by atoms with Gasteiger partial charge in [-0.3, -0.25) is 4.79 Å². The van der Waals surface area contributed by atoms with Crippen molar-refractivity contribution in [3.05, 3.63) is 76.9 Å². The average molecular weight is 335 g/mol. The topological polar surface area (TPSA) is 29.1 Å². The maximum absolute atomic E-state index is 12.3. The van der Waals surface area contributed by atoms with Gasteiger partial charge in [0.2, 0.25) is 5.91 Å². The van der Waals surface area contributed by atoms with Crippen molar-refractivity contribution in [1.29, 1.82) is 0 Å². The molecular formula is C23H29NO. The van der Waals surface area contributed by atoms with Crippen LogP contribution in [0.4, 0.5) is 0 Å². The molecule has 25 heavy (non-hydrogen) atoms.